The normalized spacial score (nSPS) is 15.2. The van der Waals surface area contributed by atoms with Crippen LogP contribution in [0.25, 0.3) is 0 Å². The first-order valence-electron chi connectivity index (χ1n) is 4.00. The Kier molecular flexibility index (Phi) is 4.51. The summed E-state index contributed by atoms with van der Waals surface area (Å²) >= 11 is 0. The Morgan fingerprint density at radius 2 is 2.00 bits per heavy atom. The Labute approximate surface area is 71.8 Å². The van der Waals surface area contributed by atoms with Crippen LogP contribution in [0.1, 0.15) is 26.7 Å². The summed E-state index contributed by atoms with van der Waals surface area (Å²) in [5.41, 5.74) is 5.36. The van der Waals surface area contributed by atoms with E-state index in [9.17, 15) is 9.59 Å². The number of ketones is 1. The smallest absolute Gasteiger partial charge is 0.305 e. The van der Waals surface area contributed by atoms with Gasteiger partial charge in [-0.05, 0) is 6.42 Å². The molecular weight excluding hydrogens is 158 g/mol. The number of carbonyl (C=O) groups is 2. The van der Waals surface area contributed by atoms with Crippen LogP contribution in [-0.4, -0.2) is 22.9 Å². The van der Waals surface area contributed by atoms with Crippen molar-refractivity contribution in [3.8, 4) is 0 Å². The molecule has 2 atom stereocenters. The second kappa shape index (κ2) is 4.87. The average molecular weight is 173 g/mol. The molecule has 0 rings (SSSR count). The highest BCUT2D eigenvalue weighted by Gasteiger charge is 2.20. The molecule has 12 heavy (non-hydrogen) atoms. The molecule has 0 aliphatic heterocycles. The molecule has 0 saturated carbocycles. The van der Waals surface area contributed by atoms with Gasteiger partial charge in [-0.3, -0.25) is 9.59 Å². The molecule has 1 unspecified atom stereocenters. The van der Waals surface area contributed by atoms with Gasteiger partial charge >= 0.3 is 5.97 Å². The molecule has 0 fully saturated rings. The van der Waals surface area contributed by atoms with Crippen LogP contribution in [0.15, 0.2) is 0 Å². The van der Waals surface area contributed by atoms with Crippen LogP contribution in [-0.2, 0) is 9.59 Å². The van der Waals surface area contributed by atoms with Crippen LogP contribution in [0.5, 0.6) is 0 Å². The van der Waals surface area contributed by atoms with Gasteiger partial charge in [0.1, 0.15) is 0 Å². The topological polar surface area (TPSA) is 80.4 Å². The number of aliphatic carboxylic acids is 1. The SMILES string of the molecule is CCC(C)C(=O)[C@H](N)CC(=O)O. The van der Waals surface area contributed by atoms with Crippen molar-refractivity contribution in [3.63, 3.8) is 0 Å². The Bertz CT molecular complexity index is 179. The molecule has 70 valence electrons. The molecule has 0 aliphatic rings. The van der Waals surface area contributed by atoms with Crippen molar-refractivity contribution in [2.24, 2.45) is 11.7 Å². The Morgan fingerprint density at radius 3 is 2.33 bits per heavy atom. The van der Waals surface area contributed by atoms with Crippen molar-refractivity contribution in [1.82, 2.24) is 0 Å². The third-order valence-corrected chi connectivity index (χ3v) is 1.86. The third kappa shape index (κ3) is 3.48. The van der Waals surface area contributed by atoms with E-state index in [1.807, 2.05) is 6.92 Å². The number of hydrogen-bond donors (Lipinski definition) is 2. The lowest BCUT2D eigenvalue weighted by Gasteiger charge is -2.12. The van der Waals surface area contributed by atoms with Crippen molar-refractivity contribution in [2.75, 3.05) is 0 Å². The standard InChI is InChI=1S/C8H15NO3/c1-3-5(2)8(12)6(9)4-7(10)11/h5-6H,3-4,9H2,1-2H3,(H,10,11)/t5?,6-/m1/s1. The lowest BCUT2D eigenvalue weighted by atomic mass is 9.96. The monoisotopic (exact) mass is 173 g/mol. The van der Waals surface area contributed by atoms with E-state index in [4.69, 9.17) is 10.8 Å². The molecule has 4 nitrogen and oxygen atoms in total. The van der Waals surface area contributed by atoms with E-state index in [1.165, 1.54) is 0 Å². The fourth-order valence-electron chi connectivity index (χ4n) is 0.855. The van der Waals surface area contributed by atoms with Crippen LogP contribution in [0, 0.1) is 5.92 Å². The Balaban J connectivity index is 4.01. The van der Waals surface area contributed by atoms with Gasteiger partial charge in [0.15, 0.2) is 5.78 Å². The number of Topliss-reactive ketones (excluding diaryl/α,β-unsaturated/α-hetero) is 1. The van der Waals surface area contributed by atoms with Crippen LogP contribution < -0.4 is 5.73 Å². The van der Waals surface area contributed by atoms with Crippen LogP contribution in [0.3, 0.4) is 0 Å². The predicted molar refractivity (Wildman–Crippen MR) is 44.7 cm³/mol. The first kappa shape index (κ1) is 11.1. The molecule has 0 aromatic carbocycles. The van der Waals surface area contributed by atoms with Gasteiger partial charge in [-0.25, -0.2) is 0 Å². The number of hydrogen-bond acceptors (Lipinski definition) is 3. The fourth-order valence-corrected chi connectivity index (χ4v) is 0.855. The highest BCUT2D eigenvalue weighted by atomic mass is 16.4. The molecule has 0 aliphatic carbocycles. The minimum absolute atomic E-state index is 0.139. The maximum absolute atomic E-state index is 11.2. The maximum Gasteiger partial charge on any atom is 0.305 e. The molecule has 0 bridgehead atoms. The molecule has 0 aromatic rings. The summed E-state index contributed by atoms with van der Waals surface area (Å²) in [4.78, 5) is 21.4. The maximum atomic E-state index is 11.2. The first-order valence-corrected chi connectivity index (χ1v) is 4.00. The number of nitrogens with two attached hydrogens (primary N) is 1. The van der Waals surface area contributed by atoms with Crippen LogP contribution >= 0.6 is 0 Å². The van der Waals surface area contributed by atoms with E-state index in [0.717, 1.165) is 0 Å². The highest BCUT2D eigenvalue weighted by molar-refractivity contribution is 5.89. The minimum Gasteiger partial charge on any atom is -0.481 e. The lowest BCUT2D eigenvalue weighted by Crippen LogP contribution is -2.36. The van der Waals surface area contributed by atoms with Crippen LogP contribution in [0.4, 0.5) is 0 Å². The zero-order valence-corrected chi connectivity index (χ0v) is 7.41. The quantitative estimate of drug-likeness (QED) is 0.630. The molecule has 4 heteroatoms. The first-order chi connectivity index (χ1) is 5.49. The van der Waals surface area contributed by atoms with E-state index in [2.05, 4.69) is 0 Å². The summed E-state index contributed by atoms with van der Waals surface area (Å²) in [6, 6.07) is -0.850. The molecule has 0 heterocycles. The lowest BCUT2D eigenvalue weighted by molar-refractivity contribution is -0.139. The molecule has 0 saturated heterocycles. The molecule has 0 spiro atoms. The Morgan fingerprint density at radius 1 is 1.50 bits per heavy atom. The molecular formula is C8H15NO3. The van der Waals surface area contributed by atoms with E-state index in [1.54, 1.807) is 6.92 Å². The van der Waals surface area contributed by atoms with Gasteiger partial charge in [0, 0.05) is 5.92 Å². The second-order valence-corrected chi connectivity index (χ2v) is 2.92. The number of carboxylic acid groups (broad SMARTS) is 1. The summed E-state index contributed by atoms with van der Waals surface area (Å²) in [5, 5.41) is 8.36. The predicted octanol–water partition coefficient (Wildman–Crippen LogP) is 0.404. The minimum atomic E-state index is -1.03. The van der Waals surface area contributed by atoms with Gasteiger partial charge in [-0.2, -0.15) is 0 Å². The number of carbonyl (C=O) groups excluding carboxylic acids is 1. The fraction of sp³-hybridized carbons (Fsp3) is 0.750. The zero-order valence-electron chi connectivity index (χ0n) is 7.41. The summed E-state index contributed by atoms with van der Waals surface area (Å²) < 4.78 is 0. The van der Waals surface area contributed by atoms with Gasteiger partial charge in [0.25, 0.3) is 0 Å². The average Bonchev–Trinajstić information content (AvgIpc) is 2.00. The van der Waals surface area contributed by atoms with Crippen LogP contribution in [0.2, 0.25) is 0 Å². The van der Waals surface area contributed by atoms with Crippen molar-refractivity contribution >= 4 is 11.8 Å². The largest absolute Gasteiger partial charge is 0.481 e. The van der Waals surface area contributed by atoms with Gasteiger partial charge < -0.3 is 10.8 Å². The van der Waals surface area contributed by atoms with Gasteiger partial charge in [0.2, 0.25) is 0 Å². The van der Waals surface area contributed by atoms with Gasteiger partial charge in [-0.15, -0.1) is 0 Å². The van der Waals surface area contributed by atoms with E-state index in [-0.39, 0.29) is 18.1 Å². The molecule has 0 aromatic heterocycles. The van der Waals surface area contributed by atoms with E-state index in [0.29, 0.717) is 6.42 Å². The highest BCUT2D eigenvalue weighted by Crippen LogP contribution is 2.06. The third-order valence-electron chi connectivity index (χ3n) is 1.86. The van der Waals surface area contributed by atoms with E-state index >= 15 is 0 Å². The summed E-state index contributed by atoms with van der Waals surface area (Å²) in [7, 11) is 0. The summed E-state index contributed by atoms with van der Waals surface area (Å²) in [6.45, 7) is 3.63. The van der Waals surface area contributed by atoms with Crippen molar-refractivity contribution in [1.29, 1.82) is 0 Å². The number of rotatable bonds is 5. The van der Waals surface area contributed by atoms with Crippen molar-refractivity contribution < 1.29 is 14.7 Å². The second-order valence-electron chi connectivity index (χ2n) is 2.92. The summed E-state index contributed by atoms with van der Waals surface area (Å²) in [5.74, 6) is -1.33. The van der Waals surface area contributed by atoms with E-state index < -0.39 is 12.0 Å². The molecule has 3 N–H and O–H groups in total. The van der Waals surface area contributed by atoms with Gasteiger partial charge in [0.05, 0.1) is 12.5 Å². The van der Waals surface area contributed by atoms with Gasteiger partial charge in [-0.1, -0.05) is 13.8 Å². The summed E-state index contributed by atoms with van der Waals surface area (Å²) in [6.07, 6.45) is 0.426. The zero-order chi connectivity index (χ0) is 9.72. The number of carboxylic acids is 1. The Hall–Kier alpha value is -0.900. The van der Waals surface area contributed by atoms with Crippen molar-refractivity contribution in [3.05, 3.63) is 0 Å². The van der Waals surface area contributed by atoms with Crippen molar-refractivity contribution in [2.45, 2.75) is 32.7 Å². The molecule has 0 radical (unpaired) electrons. The molecule has 0 amide bonds.